The van der Waals surface area contributed by atoms with Crippen molar-refractivity contribution in [1.82, 2.24) is 5.32 Å². The summed E-state index contributed by atoms with van der Waals surface area (Å²) >= 11 is 0. The average Bonchev–Trinajstić information content (AvgIpc) is 3.04. The minimum absolute atomic E-state index is 0.0873. The van der Waals surface area contributed by atoms with Gasteiger partial charge in [0.05, 0.1) is 0 Å². The molecule has 0 spiro atoms. The lowest BCUT2D eigenvalue weighted by molar-refractivity contribution is -0.139. The molecule has 0 aliphatic heterocycles. The molecule has 1 heterocycles. The zero-order chi connectivity index (χ0) is 15.6. The smallest absolute Gasteiger partial charge is 0.326 e. The van der Waals surface area contributed by atoms with Gasteiger partial charge in [-0.3, -0.25) is 4.79 Å². The van der Waals surface area contributed by atoms with Crippen molar-refractivity contribution in [3.05, 3.63) is 23.7 Å². The summed E-state index contributed by atoms with van der Waals surface area (Å²) in [7, 11) is -3.25. The van der Waals surface area contributed by atoms with Gasteiger partial charge in [-0.25, -0.2) is 13.2 Å². The lowest BCUT2D eigenvalue weighted by atomic mass is 10.1. The monoisotopic (exact) mass is 315 g/mol. The Morgan fingerprint density at radius 2 is 2.10 bits per heavy atom. The number of aliphatic carboxylic acids is 1. The van der Waals surface area contributed by atoms with Gasteiger partial charge in [-0.15, -0.1) is 0 Å². The molecule has 1 aromatic rings. The first-order valence-corrected chi connectivity index (χ1v) is 8.61. The first-order chi connectivity index (χ1) is 9.74. The molecule has 1 saturated carbocycles. The molecule has 1 fully saturated rings. The van der Waals surface area contributed by atoms with Crippen molar-refractivity contribution >= 4 is 21.7 Å². The summed E-state index contributed by atoms with van der Waals surface area (Å²) in [5.41, 5.74) is 0. The molecule has 1 aromatic heterocycles. The van der Waals surface area contributed by atoms with E-state index in [0.29, 0.717) is 12.3 Å². The van der Waals surface area contributed by atoms with Crippen LogP contribution in [0.1, 0.15) is 35.6 Å². The molecule has 0 radical (unpaired) electrons. The maximum Gasteiger partial charge on any atom is 0.326 e. The van der Waals surface area contributed by atoms with E-state index in [1.807, 2.05) is 0 Å². The van der Waals surface area contributed by atoms with Crippen LogP contribution in [0.4, 0.5) is 0 Å². The predicted octanol–water partition coefficient (Wildman–Crippen LogP) is 0.807. The van der Waals surface area contributed by atoms with E-state index in [1.165, 1.54) is 12.1 Å². The SMILES string of the molecule is CS(=O)(=O)Cc1ccc(C(=O)NC(CC2CC2)C(=O)O)o1. The molecule has 2 N–H and O–H groups in total. The molecular weight excluding hydrogens is 298 g/mol. The fourth-order valence-corrected chi connectivity index (χ4v) is 2.65. The second-order valence-electron chi connectivity index (χ2n) is 5.38. The van der Waals surface area contributed by atoms with Crippen LogP contribution in [0.15, 0.2) is 16.5 Å². The number of hydrogen-bond acceptors (Lipinski definition) is 5. The Morgan fingerprint density at radius 3 is 2.62 bits per heavy atom. The number of nitrogens with one attached hydrogen (secondary N) is 1. The largest absolute Gasteiger partial charge is 0.480 e. The molecule has 1 aliphatic carbocycles. The highest BCUT2D eigenvalue weighted by Gasteiger charge is 2.30. The molecule has 1 unspecified atom stereocenters. The molecule has 1 atom stereocenters. The Bertz CT molecular complexity index is 643. The first-order valence-electron chi connectivity index (χ1n) is 6.54. The zero-order valence-electron chi connectivity index (χ0n) is 11.5. The fraction of sp³-hybridized carbons (Fsp3) is 0.538. The number of hydrogen-bond donors (Lipinski definition) is 2. The van der Waals surface area contributed by atoms with E-state index in [4.69, 9.17) is 9.52 Å². The molecule has 1 aliphatic rings. The van der Waals surface area contributed by atoms with Crippen molar-refractivity contribution in [2.45, 2.75) is 31.1 Å². The zero-order valence-corrected chi connectivity index (χ0v) is 12.4. The Hall–Kier alpha value is -1.83. The van der Waals surface area contributed by atoms with Gasteiger partial charge >= 0.3 is 5.97 Å². The Kier molecular flexibility index (Phi) is 4.36. The quantitative estimate of drug-likeness (QED) is 0.769. The van der Waals surface area contributed by atoms with E-state index in [0.717, 1.165) is 19.1 Å². The average molecular weight is 315 g/mol. The van der Waals surface area contributed by atoms with Crippen LogP contribution in [0.5, 0.6) is 0 Å². The lowest BCUT2D eigenvalue weighted by Gasteiger charge is -2.12. The summed E-state index contributed by atoms with van der Waals surface area (Å²) in [4.78, 5) is 23.0. The molecule has 7 nitrogen and oxygen atoms in total. The van der Waals surface area contributed by atoms with Crippen LogP contribution in [-0.2, 0) is 20.4 Å². The Labute approximate surface area is 122 Å². The predicted molar refractivity (Wildman–Crippen MR) is 73.5 cm³/mol. The van der Waals surface area contributed by atoms with E-state index in [9.17, 15) is 18.0 Å². The van der Waals surface area contributed by atoms with Crippen LogP contribution < -0.4 is 5.32 Å². The normalized spacial score (nSPS) is 16.4. The number of furan rings is 1. The van der Waals surface area contributed by atoms with Crippen molar-refractivity contribution in [3.8, 4) is 0 Å². The van der Waals surface area contributed by atoms with Crippen LogP contribution in [0.2, 0.25) is 0 Å². The second kappa shape index (κ2) is 5.88. The number of rotatable bonds is 7. The minimum atomic E-state index is -3.25. The van der Waals surface area contributed by atoms with Crippen LogP contribution in [-0.4, -0.2) is 37.7 Å². The van der Waals surface area contributed by atoms with Gasteiger partial charge in [-0.05, 0) is 24.5 Å². The van der Waals surface area contributed by atoms with Gasteiger partial charge in [0.15, 0.2) is 15.6 Å². The molecule has 2 rings (SSSR count). The van der Waals surface area contributed by atoms with Crippen LogP contribution >= 0.6 is 0 Å². The van der Waals surface area contributed by atoms with E-state index in [-0.39, 0.29) is 17.3 Å². The molecule has 8 heteroatoms. The topological polar surface area (TPSA) is 114 Å². The molecule has 0 bridgehead atoms. The second-order valence-corrected chi connectivity index (χ2v) is 7.52. The first kappa shape index (κ1) is 15.6. The third kappa shape index (κ3) is 4.89. The highest BCUT2D eigenvalue weighted by Crippen LogP contribution is 2.33. The summed E-state index contributed by atoms with van der Waals surface area (Å²) in [6.07, 6.45) is 3.43. The summed E-state index contributed by atoms with van der Waals surface area (Å²) < 4.78 is 27.4. The molecule has 116 valence electrons. The summed E-state index contributed by atoms with van der Waals surface area (Å²) in [6, 6.07) is 1.78. The van der Waals surface area contributed by atoms with E-state index < -0.39 is 27.8 Å². The number of sulfone groups is 1. The van der Waals surface area contributed by atoms with Gasteiger partial charge in [-0.2, -0.15) is 0 Å². The fourth-order valence-electron chi connectivity index (χ4n) is 1.97. The van der Waals surface area contributed by atoms with Crippen molar-refractivity contribution in [1.29, 1.82) is 0 Å². The van der Waals surface area contributed by atoms with Crippen LogP contribution in [0.25, 0.3) is 0 Å². The summed E-state index contributed by atoms with van der Waals surface area (Å²) in [5.74, 6) is -1.62. The van der Waals surface area contributed by atoms with Gasteiger partial charge in [-0.1, -0.05) is 12.8 Å². The van der Waals surface area contributed by atoms with Crippen molar-refractivity contribution in [2.75, 3.05) is 6.26 Å². The van der Waals surface area contributed by atoms with E-state index >= 15 is 0 Å². The van der Waals surface area contributed by atoms with Crippen LogP contribution in [0.3, 0.4) is 0 Å². The highest BCUT2D eigenvalue weighted by atomic mass is 32.2. The van der Waals surface area contributed by atoms with Gasteiger partial charge < -0.3 is 14.8 Å². The molecule has 21 heavy (non-hydrogen) atoms. The summed E-state index contributed by atoms with van der Waals surface area (Å²) in [5, 5.41) is 11.5. The maximum atomic E-state index is 11.9. The number of amides is 1. The van der Waals surface area contributed by atoms with Gasteiger partial charge in [0.25, 0.3) is 5.91 Å². The van der Waals surface area contributed by atoms with Crippen molar-refractivity contribution < 1.29 is 27.5 Å². The number of carboxylic acid groups (broad SMARTS) is 1. The standard InChI is InChI=1S/C13H17NO6S/c1-21(18,19)7-9-4-5-11(20-9)12(15)14-10(13(16)17)6-8-2-3-8/h4-5,8,10H,2-3,6-7H2,1H3,(H,14,15)(H,16,17). The third-order valence-corrected chi connectivity index (χ3v) is 3.97. The molecule has 0 saturated heterocycles. The number of carboxylic acids is 1. The van der Waals surface area contributed by atoms with E-state index in [1.54, 1.807) is 0 Å². The van der Waals surface area contributed by atoms with Crippen molar-refractivity contribution in [2.24, 2.45) is 5.92 Å². The van der Waals surface area contributed by atoms with Gasteiger partial charge in [0.2, 0.25) is 0 Å². The van der Waals surface area contributed by atoms with Gasteiger partial charge in [0.1, 0.15) is 17.6 Å². The highest BCUT2D eigenvalue weighted by molar-refractivity contribution is 7.89. The molecular formula is C13H17NO6S. The summed E-state index contributed by atoms with van der Waals surface area (Å²) in [6.45, 7) is 0. The van der Waals surface area contributed by atoms with Gasteiger partial charge in [0, 0.05) is 6.26 Å². The Morgan fingerprint density at radius 1 is 1.43 bits per heavy atom. The van der Waals surface area contributed by atoms with Crippen LogP contribution in [0, 0.1) is 5.92 Å². The maximum absolute atomic E-state index is 11.9. The number of carbonyl (C=O) groups is 2. The molecule has 0 aromatic carbocycles. The Balaban J connectivity index is 2.00. The minimum Gasteiger partial charge on any atom is -0.480 e. The van der Waals surface area contributed by atoms with Crippen molar-refractivity contribution in [3.63, 3.8) is 0 Å². The number of carbonyl (C=O) groups excluding carboxylic acids is 1. The molecule has 1 amide bonds. The lowest BCUT2D eigenvalue weighted by Crippen LogP contribution is -2.41. The van der Waals surface area contributed by atoms with E-state index in [2.05, 4.69) is 5.32 Å². The third-order valence-electron chi connectivity index (χ3n) is 3.16.